The summed E-state index contributed by atoms with van der Waals surface area (Å²) in [5.41, 5.74) is 10.7. The zero-order chi connectivity index (χ0) is 24.4. The Hall–Kier alpha value is -2.68. The SMILES string of the molecule is NC(=O)Cc1cc(-c2ccccc2)cc2c(C3CCN(S(=O)(=O)CCN4CCCC4)CC3)c[nH]c12. The molecule has 1 aromatic heterocycles. The van der Waals surface area contributed by atoms with Crippen LogP contribution < -0.4 is 5.73 Å². The number of primary amides is 1. The molecule has 1 amide bonds. The third-order valence-electron chi connectivity index (χ3n) is 7.53. The number of amides is 1. The number of nitrogens with two attached hydrogens (primary N) is 1. The van der Waals surface area contributed by atoms with E-state index in [0.717, 1.165) is 53.5 Å². The average Bonchev–Trinajstić information content (AvgIpc) is 3.53. The summed E-state index contributed by atoms with van der Waals surface area (Å²) in [6.07, 6.45) is 6.12. The van der Waals surface area contributed by atoms with E-state index < -0.39 is 10.0 Å². The second kappa shape index (κ2) is 10.1. The molecule has 0 aliphatic carbocycles. The van der Waals surface area contributed by atoms with Gasteiger partial charge in [-0.2, -0.15) is 0 Å². The van der Waals surface area contributed by atoms with Crippen molar-refractivity contribution in [3.05, 3.63) is 59.8 Å². The number of nitrogens with zero attached hydrogens (tertiary/aromatic N) is 2. The third-order valence-corrected chi connectivity index (χ3v) is 9.38. The third kappa shape index (κ3) is 5.29. The number of likely N-dealkylation sites (tertiary alicyclic amines) is 1. The van der Waals surface area contributed by atoms with Gasteiger partial charge in [0.15, 0.2) is 0 Å². The molecule has 2 saturated heterocycles. The Morgan fingerprint density at radius 2 is 1.71 bits per heavy atom. The number of rotatable bonds is 8. The van der Waals surface area contributed by atoms with Crippen LogP contribution in [-0.4, -0.2) is 67.0 Å². The fraction of sp³-hybridized carbons (Fsp3) is 0.444. The second-order valence-corrected chi connectivity index (χ2v) is 11.9. The van der Waals surface area contributed by atoms with Gasteiger partial charge in [-0.1, -0.05) is 30.3 Å². The molecule has 3 heterocycles. The molecule has 186 valence electrons. The van der Waals surface area contributed by atoms with Gasteiger partial charge >= 0.3 is 0 Å². The van der Waals surface area contributed by atoms with E-state index in [0.29, 0.717) is 19.6 Å². The summed E-state index contributed by atoms with van der Waals surface area (Å²) in [5, 5.41) is 1.10. The minimum atomic E-state index is -3.24. The molecule has 2 aromatic carbocycles. The molecule has 0 radical (unpaired) electrons. The quantitative estimate of drug-likeness (QED) is 0.501. The number of hydrogen-bond acceptors (Lipinski definition) is 4. The average molecular weight is 495 g/mol. The highest BCUT2D eigenvalue weighted by Crippen LogP contribution is 2.37. The molecule has 5 rings (SSSR count). The van der Waals surface area contributed by atoms with Crippen LogP contribution in [0.4, 0.5) is 0 Å². The van der Waals surface area contributed by atoms with Gasteiger partial charge in [0.2, 0.25) is 15.9 Å². The molecule has 7 nitrogen and oxygen atoms in total. The molecule has 0 unspecified atom stereocenters. The molecule has 2 aliphatic rings. The van der Waals surface area contributed by atoms with Crippen molar-refractivity contribution in [2.45, 2.75) is 38.0 Å². The molecular formula is C27H34N4O3S. The summed E-state index contributed by atoms with van der Waals surface area (Å²) in [6, 6.07) is 14.3. The lowest BCUT2D eigenvalue weighted by molar-refractivity contribution is -0.117. The predicted molar refractivity (Wildman–Crippen MR) is 140 cm³/mol. The van der Waals surface area contributed by atoms with Crippen molar-refractivity contribution in [2.75, 3.05) is 38.5 Å². The number of hydrogen-bond donors (Lipinski definition) is 2. The van der Waals surface area contributed by atoms with E-state index in [9.17, 15) is 13.2 Å². The second-order valence-electron chi connectivity index (χ2n) is 9.85. The number of nitrogens with one attached hydrogen (secondary N) is 1. The molecule has 0 bridgehead atoms. The highest BCUT2D eigenvalue weighted by atomic mass is 32.2. The van der Waals surface area contributed by atoms with Crippen molar-refractivity contribution in [1.82, 2.24) is 14.2 Å². The smallest absolute Gasteiger partial charge is 0.221 e. The van der Waals surface area contributed by atoms with Gasteiger partial charge in [0, 0.05) is 36.7 Å². The van der Waals surface area contributed by atoms with Crippen LogP contribution in [0.5, 0.6) is 0 Å². The number of aromatic nitrogens is 1. The normalized spacial score (nSPS) is 18.4. The van der Waals surface area contributed by atoms with Crippen LogP contribution in [0.1, 0.15) is 42.7 Å². The van der Waals surface area contributed by atoms with Crippen LogP contribution in [0.3, 0.4) is 0 Å². The van der Waals surface area contributed by atoms with Crippen LogP contribution >= 0.6 is 0 Å². The zero-order valence-corrected chi connectivity index (χ0v) is 20.9. The highest BCUT2D eigenvalue weighted by Gasteiger charge is 2.30. The molecule has 35 heavy (non-hydrogen) atoms. The van der Waals surface area contributed by atoms with Gasteiger partial charge in [-0.15, -0.1) is 0 Å². The van der Waals surface area contributed by atoms with Crippen LogP contribution in [0.25, 0.3) is 22.0 Å². The van der Waals surface area contributed by atoms with Crippen molar-refractivity contribution in [3.63, 3.8) is 0 Å². The fourth-order valence-corrected chi connectivity index (χ4v) is 7.13. The van der Waals surface area contributed by atoms with Gasteiger partial charge in [0.25, 0.3) is 0 Å². The summed E-state index contributed by atoms with van der Waals surface area (Å²) in [7, 11) is -3.24. The Balaban J connectivity index is 1.36. The van der Waals surface area contributed by atoms with E-state index in [1.807, 2.05) is 30.5 Å². The van der Waals surface area contributed by atoms with Gasteiger partial charge < -0.3 is 15.6 Å². The van der Waals surface area contributed by atoms with Gasteiger partial charge in [0.05, 0.1) is 12.2 Å². The standard InChI is InChI=1S/C27H34N4O3S/c28-26(32)18-23-16-22(20-6-2-1-3-7-20)17-24-25(19-29-27(23)24)21-8-12-31(13-9-21)35(33,34)15-14-30-10-4-5-11-30/h1-3,6-7,16-17,19,21,29H,4-5,8-15,18H2,(H2,28,32). The lowest BCUT2D eigenvalue weighted by atomic mass is 9.88. The maximum absolute atomic E-state index is 12.9. The molecule has 3 aromatic rings. The number of piperidine rings is 1. The van der Waals surface area contributed by atoms with Gasteiger partial charge in [-0.25, -0.2) is 12.7 Å². The maximum atomic E-state index is 12.9. The van der Waals surface area contributed by atoms with Crippen LogP contribution in [0.15, 0.2) is 48.7 Å². The van der Waals surface area contributed by atoms with Crippen LogP contribution in [0, 0.1) is 0 Å². The number of fused-ring (bicyclic) bond motifs is 1. The topological polar surface area (TPSA) is 99.5 Å². The Morgan fingerprint density at radius 1 is 1.00 bits per heavy atom. The lowest BCUT2D eigenvalue weighted by Crippen LogP contribution is -2.41. The highest BCUT2D eigenvalue weighted by molar-refractivity contribution is 7.89. The molecule has 0 atom stereocenters. The summed E-state index contributed by atoms with van der Waals surface area (Å²) in [4.78, 5) is 17.4. The minimum absolute atomic E-state index is 0.171. The van der Waals surface area contributed by atoms with Crippen LogP contribution in [0.2, 0.25) is 0 Å². The predicted octanol–water partition coefficient (Wildman–Crippen LogP) is 3.47. The van der Waals surface area contributed by atoms with Gasteiger partial charge in [0.1, 0.15) is 0 Å². The van der Waals surface area contributed by atoms with E-state index in [1.54, 1.807) is 4.31 Å². The van der Waals surface area contributed by atoms with Crippen molar-refractivity contribution >= 4 is 26.8 Å². The molecule has 0 spiro atoms. The first-order valence-corrected chi connectivity index (χ1v) is 14.2. The maximum Gasteiger partial charge on any atom is 0.221 e. The Bertz CT molecular complexity index is 1290. The number of sulfonamides is 1. The minimum Gasteiger partial charge on any atom is -0.369 e. The van der Waals surface area contributed by atoms with E-state index in [-0.39, 0.29) is 24.0 Å². The van der Waals surface area contributed by atoms with Crippen LogP contribution in [-0.2, 0) is 21.2 Å². The molecular weight excluding hydrogens is 460 g/mol. The number of H-pyrrole nitrogens is 1. The molecule has 2 aliphatic heterocycles. The number of carbonyl (C=O) groups is 1. The van der Waals surface area contributed by atoms with E-state index in [1.165, 1.54) is 18.4 Å². The molecule has 2 fully saturated rings. The monoisotopic (exact) mass is 494 g/mol. The molecule has 8 heteroatoms. The van der Waals surface area contributed by atoms with Crippen molar-refractivity contribution in [2.24, 2.45) is 5.73 Å². The van der Waals surface area contributed by atoms with E-state index >= 15 is 0 Å². The van der Waals surface area contributed by atoms with E-state index in [4.69, 9.17) is 5.73 Å². The van der Waals surface area contributed by atoms with E-state index in [2.05, 4.69) is 28.1 Å². The summed E-state index contributed by atoms with van der Waals surface area (Å²) >= 11 is 0. The fourth-order valence-electron chi connectivity index (χ4n) is 5.61. The first-order chi connectivity index (χ1) is 16.9. The zero-order valence-electron chi connectivity index (χ0n) is 20.1. The summed E-state index contributed by atoms with van der Waals surface area (Å²) < 4.78 is 27.6. The first kappa shape index (κ1) is 24.0. The summed E-state index contributed by atoms with van der Waals surface area (Å²) in [5.74, 6) is 0.114. The summed E-state index contributed by atoms with van der Waals surface area (Å²) in [6.45, 7) is 3.76. The van der Waals surface area contributed by atoms with Gasteiger partial charge in [-0.05, 0) is 79.1 Å². The Morgan fingerprint density at radius 3 is 2.40 bits per heavy atom. The lowest BCUT2D eigenvalue weighted by Gasteiger charge is -2.31. The molecule has 0 saturated carbocycles. The van der Waals surface area contributed by atoms with Crippen molar-refractivity contribution < 1.29 is 13.2 Å². The van der Waals surface area contributed by atoms with Crippen molar-refractivity contribution in [1.29, 1.82) is 0 Å². The molecule has 3 N–H and O–H groups in total. The Labute approximate surface area is 207 Å². The number of carbonyl (C=O) groups excluding carboxylic acids is 1. The number of benzene rings is 2. The first-order valence-electron chi connectivity index (χ1n) is 12.6. The number of aromatic amines is 1. The largest absolute Gasteiger partial charge is 0.369 e. The Kier molecular flexibility index (Phi) is 6.95. The van der Waals surface area contributed by atoms with Gasteiger partial charge in [-0.3, -0.25) is 4.79 Å². The van der Waals surface area contributed by atoms with Crippen molar-refractivity contribution in [3.8, 4) is 11.1 Å².